The molecular formula is C26H27FN8O3. The van der Waals surface area contributed by atoms with E-state index in [0.717, 1.165) is 17.0 Å². The van der Waals surface area contributed by atoms with Gasteiger partial charge in [-0.15, -0.1) is 5.10 Å². The van der Waals surface area contributed by atoms with Gasteiger partial charge in [-0.3, -0.25) is 14.6 Å². The number of nitrogens with zero attached hydrogens (tertiary/aromatic N) is 8. The quantitative estimate of drug-likeness (QED) is 0.325. The van der Waals surface area contributed by atoms with Crippen LogP contribution >= 0.6 is 0 Å². The summed E-state index contributed by atoms with van der Waals surface area (Å²) in [5.41, 5.74) is 5.26. The van der Waals surface area contributed by atoms with E-state index in [1.807, 2.05) is 24.6 Å². The Morgan fingerprint density at radius 2 is 1.97 bits per heavy atom. The number of hydrogen-bond acceptors (Lipinski definition) is 8. The Bertz CT molecular complexity index is 1660. The highest BCUT2D eigenvalue weighted by Crippen LogP contribution is 2.42. The number of hydrogen-bond donors (Lipinski definition) is 0. The zero-order valence-corrected chi connectivity index (χ0v) is 21.6. The molecule has 1 fully saturated rings. The summed E-state index contributed by atoms with van der Waals surface area (Å²) in [5.74, 6) is -0.974. The van der Waals surface area contributed by atoms with Gasteiger partial charge in [0.1, 0.15) is 22.4 Å². The fourth-order valence-electron chi connectivity index (χ4n) is 5.64. The van der Waals surface area contributed by atoms with Gasteiger partial charge in [0.05, 0.1) is 35.8 Å². The second-order valence-corrected chi connectivity index (χ2v) is 9.53. The summed E-state index contributed by atoms with van der Waals surface area (Å²) in [4.78, 5) is 22.3. The summed E-state index contributed by atoms with van der Waals surface area (Å²) in [5, 5.41) is 13.0. The van der Waals surface area contributed by atoms with Gasteiger partial charge in [0, 0.05) is 45.3 Å². The highest BCUT2D eigenvalue weighted by molar-refractivity contribution is 6.11. The number of fused-ring (bicyclic) bond motifs is 3. The van der Waals surface area contributed by atoms with Crippen LogP contribution in [0.25, 0.3) is 33.3 Å². The van der Waals surface area contributed by atoms with Crippen LogP contribution in [0.5, 0.6) is 0 Å². The molecule has 6 rings (SSSR count). The molecule has 38 heavy (non-hydrogen) atoms. The molecule has 12 heteroatoms. The van der Waals surface area contributed by atoms with Gasteiger partial charge in [-0.05, 0) is 43.9 Å². The van der Waals surface area contributed by atoms with Crippen molar-refractivity contribution in [2.75, 3.05) is 20.3 Å². The maximum absolute atomic E-state index is 15.5. The molecule has 1 saturated heterocycles. The van der Waals surface area contributed by atoms with Gasteiger partial charge in [0.15, 0.2) is 5.69 Å². The number of methoxy groups -OCH3 is 1. The molecule has 0 N–H and O–H groups in total. The van der Waals surface area contributed by atoms with Crippen molar-refractivity contribution < 1.29 is 18.7 Å². The largest absolute Gasteiger partial charge is 0.464 e. The van der Waals surface area contributed by atoms with Crippen LogP contribution in [0.3, 0.4) is 0 Å². The molecule has 0 aliphatic carbocycles. The van der Waals surface area contributed by atoms with Crippen molar-refractivity contribution in [1.29, 1.82) is 0 Å². The Labute approximate surface area is 217 Å². The van der Waals surface area contributed by atoms with Crippen LogP contribution in [-0.4, -0.2) is 65.6 Å². The highest BCUT2D eigenvalue weighted by Gasteiger charge is 2.36. The third kappa shape index (κ3) is 3.66. The molecule has 0 saturated carbocycles. The summed E-state index contributed by atoms with van der Waals surface area (Å²) in [7, 11) is 4.84. The number of pyridine rings is 2. The zero-order chi connectivity index (χ0) is 26.6. The molecule has 0 amide bonds. The van der Waals surface area contributed by atoms with Gasteiger partial charge < -0.3 is 14.0 Å². The Morgan fingerprint density at radius 3 is 2.66 bits per heavy atom. The number of halogens is 1. The fraction of sp³-hybridized carbons (Fsp3) is 0.385. The van der Waals surface area contributed by atoms with Crippen LogP contribution < -0.4 is 0 Å². The highest BCUT2D eigenvalue weighted by atomic mass is 19.1. The summed E-state index contributed by atoms with van der Waals surface area (Å²) >= 11 is 0. The van der Waals surface area contributed by atoms with Crippen molar-refractivity contribution in [2.45, 2.75) is 25.8 Å². The second-order valence-electron chi connectivity index (χ2n) is 9.53. The molecule has 5 aromatic heterocycles. The number of aryl methyl sites for hydroxylation is 3. The van der Waals surface area contributed by atoms with Gasteiger partial charge in [-0.1, -0.05) is 5.21 Å². The van der Waals surface area contributed by atoms with Crippen molar-refractivity contribution in [3.8, 4) is 11.3 Å². The monoisotopic (exact) mass is 518 g/mol. The summed E-state index contributed by atoms with van der Waals surface area (Å²) in [6.45, 7) is 2.99. The molecular weight excluding hydrogens is 491 g/mol. The van der Waals surface area contributed by atoms with E-state index in [1.54, 1.807) is 30.2 Å². The van der Waals surface area contributed by atoms with Gasteiger partial charge in [0.2, 0.25) is 0 Å². The topological polar surface area (TPSA) is 115 Å². The van der Waals surface area contributed by atoms with E-state index < -0.39 is 17.8 Å². The van der Waals surface area contributed by atoms with E-state index in [-0.39, 0.29) is 11.6 Å². The lowest BCUT2D eigenvalue weighted by atomic mass is 9.88. The van der Waals surface area contributed by atoms with Crippen LogP contribution in [0.1, 0.15) is 40.8 Å². The molecule has 1 atom stereocenters. The van der Waals surface area contributed by atoms with E-state index in [0.29, 0.717) is 53.8 Å². The van der Waals surface area contributed by atoms with Crippen LogP contribution in [0.2, 0.25) is 0 Å². The molecule has 0 aromatic carbocycles. The van der Waals surface area contributed by atoms with Crippen molar-refractivity contribution in [3.63, 3.8) is 0 Å². The Balaban J connectivity index is 1.74. The SMILES string of the molecule is COC(=O)c1c2c(nn1C)c1ncc(-c3c(C)nnn3C)cc1n2C(c1ncccc1F)C1CCOCC1. The maximum Gasteiger partial charge on any atom is 0.358 e. The van der Waals surface area contributed by atoms with Crippen molar-refractivity contribution in [1.82, 2.24) is 39.3 Å². The van der Waals surface area contributed by atoms with Crippen molar-refractivity contribution >= 4 is 28.0 Å². The first kappa shape index (κ1) is 24.2. The first-order valence-corrected chi connectivity index (χ1v) is 12.4. The van der Waals surface area contributed by atoms with E-state index in [2.05, 4.69) is 20.4 Å². The third-order valence-electron chi connectivity index (χ3n) is 7.32. The summed E-state index contributed by atoms with van der Waals surface area (Å²) < 4.78 is 31.4. The maximum atomic E-state index is 15.5. The van der Waals surface area contributed by atoms with Crippen LogP contribution in [0.15, 0.2) is 30.6 Å². The number of aromatic nitrogens is 8. The van der Waals surface area contributed by atoms with E-state index >= 15 is 4.39 Å². The van der Waals surface area contributed by atoms with E-state index in [4.69, 9.17) is 14.5 Å². The molecule has 196 valence electrons. The predicted octanol–water partition coefficient (Wildman–Crippen LogP) is 3.36. The van der Waals surface area contributed by atoms with Crippen molar-refractivity contribution in [2.24, 2.45) is 20.0 Å². The van der Waals surface area contributed by atoms with Gasteiger partial charge >= 0.3 is 5.97 Å². The molecule has 0 radical (unpaired) electrons. The van der Waals surface area contributed by atoms with Crippen LogP contribution in [0.4, 0.5) is 4.39 Å². The molecule has 1 aliphatic rings. The first-order valence-electron chi connectivity index (χ1n) is 12.4. The summed E-state index contributed by atoms with van der Waals surface area (Å²) in [6, 6.07) is 4.42. The third-order valence-corrected chi connectivity index (χ3v) is 7.32. The normalized spacial score (nSPS) is 15.4. The molecule has 6 heterocycles. The second kappa shape index (κ2) is 9.28. The Morgan fingerprint density at radius 1 is 1.18 bits per heavy atom. The standard InChI is InChI=1S/C26H27FN8O3/c1-14-22(34(3)32-30-14)16-12-18-20(29-13-16)21-24(25(26(36)37-4)33(2)31-21)35(18)23(15-7-10-38-11-8-15)19-17(27)6-5-9-28-19/h5-6,9,12-13,15,23H,7-8,10-11H2,1-4H3. The summed E-state index contributed by atoms with van der Waals surface area (Å²) in [6.07, 6.45) is 4.74. The van der Waals surface area contributed by atoms with Gasteiger partial charge in [0.25, 0.3) is 0 Å². The lowest BCUT2D eigenvalue weighted by Crippen LogP contribution is -2.28. The number of carbonyl (C=O) groups is 1. The zero-order valence-electron chi connectivity index (χ0n) is 21.6. The van der Waals surface area contributed by atoms with Gasteiger partial charge in [-0.25, -0.2) is 13.9 Å². The minimum absolute atomic E-state index is 0.0126. The number of esters is 1. The van der Waals surface area contributed by atoms with Crippen LogP contribution in [0, 0.1) is 18.7 Å². The van der Waals surface area contributed by atoms with Crippen LogP contribution in [-0.2, 0) is 23.6 Å². The lowest BCUT2D eigenvalue weighted by Gasteiger charge is -2.32. The average Bonchev–Trinajstić information content (AvgIpc) is 3.54. The number of carbonyl (C=O) groups excluding carboxylic acids is 1. The Kier molecular flexibility index (Phi) is 5.90. The smallest absolute Gasteiger partial charge is 0.358 e. The molecule has 1 unspecified atom stereocenters. The molecule has 0 bridgehead atoms. The molecule has 0 spiro atoms. The minimum atomic E-state index is -0.546. The minimum Gasteiger partial charge on any atom is -0.464 e. The van der Waals surface area contributed by atoms with E-state index in [1.165, 1.54) is 17.9 Å². The molecule has 11 nitrogen and oxygen atoms in total. The van der Waals surface area contributed by atoms with Gasteiger partial charge in [-0.2, -0.15) is 5.10 Å². The predicted molar refractivity (Wildman–Crippen MR) is 136 cm³/mol. The van der Waals surface area contributed by atoms with E-state index in [9.17, 15) is 4.79 Å². The van der Waals surface area contributed by atoms with Crippen molar-refractivity contribution in [3.05, 3.63) is 53.5 Å². The Hall–Kier alpha value is -4.19. The lowest BCUT2D eigenvalue weighted by molar-refractivity contribution is 0.0538. The average molecular weight is 519 g/mol. The number of rotatable bonds is 5. The molecule has 1 aliphatic heterocycles. The first-order chi connectivity index (χ1) is 18.4. The molecule has 5 aromatic rings. The number of ether oxygens (including phenoxy) is 2. The fourth-order valence-corrected chi connectivity index (χ4v) is 5.64.